The molecule has 1 unspecified atom stereocenters. The number of aryl methyl sites for hydroxylation is 1. The molecule has 1 aromatic carbocycles. The van der Waals surface area contributed by atoms with E-state index in [-0.39, 0.29) is 24.7 Å². The number of hydrogen-bond acceptors (Lipinski definition) is 4. The van der Waals surface area contributed by atoms with Gasteiger partial charge in [-0.25, -0.2) is 4.39 Å². The molecule has 1 aromatic rings. The molecule has 1 fully saturated rings. The number of methoxy groups -OCH3 is 2. The van der Waals surface area contributed by atoms with Gasteiger partial charge in [0, 0.05) is 20.1 Å². The maximum atomic E-state index is 13.7. The zero-order valence-corrected chi connectivity index (χ0v) is 14.0. The highest BCUT2D eigenvalue weighted by Crippen LogP contribution is 2.30. The number of primary amides is 1. The highest BCUT2D eigenvalue weighted by atomic mass is 19.1. The van der Waals surface area contributed by atoms with Crippen molar-refractivity contribution in [3.63, 3.8) is 0 Å². The number of rotatable bonds is 7. The van der Waals surface area contributed by atoms with Gasteiger partial charge in [0.2, 0.25) is 11.8 Å². The second kappa shape index (κ2) is 7.61. The first-order valence-corrected chi connectivity index (χ1v) is 7.86. The number of amides is 2. The molecule has 2 N–H and O–H groups in total. The Labute approximate surface area is 140 Å². The van der Waals surface area contributed by atoms with E-state index >= 15 is 0 Å². The molecule has 2 rings (SSSR count). The zero-order valence-electron chi connectivity index (χ0n) is 14.0. The Morgan fingerprint density at radius 2 is 2.12 bits per heavy atom. The summed E-state index contributed by atoms with van der Waals surface area (Å²) in [5.41, 5.74) is 5.15. The summed E-state index contributed by atoms with van der Waals surface area (Å²) < 4.78 is 23.7. The number of halogens is 1. The third-order valence-electron chi connectivity index (χ3n) is 4.48. The summed E-state index contributed by atoms with van der Waals surface area (Å²) in [5, 5.41) is 0. The van der Waals surface area contributed by atoms with Crippen LogP contribution in [0.4, 0.5) is 4.39 Å². The molecule has 0 bridgehead atoms. The van der Waals surface area contributed by atoms with Crippen LogP contribution in [0.3, 0.4) is 0 Å². The topological polar surface area (TPSA) is 81.9 Å². The minimum atomic E-state index is -1.07. The van der Waals surface area contributed by atoms with Crippen LogP contribution in [0, 0.1) is 5.82 Å². The van der Waals surface area contributed by atoms with Crippen LogP contribution in [0.5, 0.6) is 5.75 Å². The van der Waals surface area contributed by atoms with Crippen LogP contribution in [-0.4, -0.2) is 49.6 Å². The van der Waals surface area contributed by atoms with Gasteiger partial charge in [0.15, 0.2) is 11.6 Å². The Hall–Kier alpha value is -2.15. The molecule has 0 spiro atoms. The van der Waals surface area contributed by atoms with Gasteiger partial charge < -0.3 is 20.1 Å². The molecule has 0 aromatic heterocycles. The molecule has 0 aliphatic carbocycles. The predicted octanol–water partition coefficient (Wildman–Crippen LogP) is 1.26. The summed E-state index contributed by atoms with van der Waals surface area (Å²) >= 11 is 0. The van der Waals surface area contributed by atoms with Crippen molar-refractivity contribution in [1.82, 2.24) is 4.90 Å². The molecule has 24 heavy (non-hydrogen) atoms. The van der Waals surface area contributed by atoms with Gasteiger partial charge in [-0.2, -0.15) is 0 Å². The second-order valence-electron chi connectivity index (χ2n) is 5.95. The standard InChI is InChI=1S/C17H23FN2O4/c1-23-11-17(16(19)22)8-3-9-20(17)15(21)7-5-12-4-6-14(24-2)13(18)10-12/h4,6,10H,3,5,7-9,11H2,1-2H3,(H2,19,22). The Kier molecular flexibility index (Phi) is 5.77. The van der Waals surface area contributed by atoms with Crippen molar-refractivity contribution in [2.45, 2.75) is 31.2 Å². The van der Waals surface area contributed by atoms with E-state index in [1.165, 1.54) is 31.3 Å². The molecular weight excluding hydrogens is 315 g/mol. The maximum Gasteiger partial charge on any atom is 0.245 e. The first-order valence-electron chi connectivity index (χ1n) is 7.86. The molecule has 1 aliphatic heterocycles. The van der Waals surface area contributed by atoms with E-state index in [1.807, 2.05) is 0 Å². The van der Waals surface area contributed by atoms with Crippen molar-refractivity contribution in [2.24, 2.45) is 5.73 Å². The molecule has 0 radical (unpaired) electrons. The molecule has 2 amide bonds. The lowest BCUT2D eigenvalue weighted by Gasteiger charge is -2.35. The van der Waals surface area contributed by atoms with Gasteiger partial charge >= 0.3 is 0 Å². The van der Waals surface area contributed by atoms with E-state index in [4.69, 9.17) is 15.2 Å². The third kappa shape index (κ3) is 3.51. The largest absolute Gasteiger partial charge is 0.494 e. The lowest BCUT2D eigenvalue weighted by atomic mass is 9.95. The number of benzene rings is 1. The van der Waals surface area contributed by atoms with Gasteiger partial charge in [-0.3, -0.25) is 9.59 Å². The van der Waals surface area contributed by atoms with Crippen molar-refractivity contribution in [2.75, 3.05) is 27.4 Å². The maximum absolute atomic E-state index is 13.7. The van der Waals surface area contributed by atoms with E-state index in [2.05, 4.69) is 0 Å². The lowest BCUT2D eigenvalue weighted by molar-refractivity contribution is -0.146. The van der Waals surface area contributed by atoms with E-state index < -0.39 is 17.3 Å². The van der Waals surface area contributed by atoms with E-state index in [0.717, 1.165) is 0 Å². The Bertz CT molecular complexity index is 623. The molecule has 6 nitrogen and oxygen atoms in total. The summed E-state index contributed by atoms with van der Waals surface area (Å²) in [5.74, 6) is -1.03. The van der Waals surface area contributed by atoms with Crippen LogP contribution in [0.15, 0.2) is 18.2 Å². The number of carbonyl (C=O) groups excluding carboxylic acids is 2. The number of carbonyl (C=O) groups is 2. The van der Waals surface area contributed by atoms with Crippen molar-refractivity contribution in [1.29, 1.82) is 0 Å². The Morgan fingerprint density at radius 3 is 2.71 bits per heavy atom. The van der Waals surface area contributed by atoms with E-state index in [1.54, 1.807) is 6.07 Å². The monoisotopic (exact) mass is 338 g/mol. The molecule has 1 heterocycles. The van der Waals surface area contributed by atoms with E-state index in [0.29, 0.717) is 31.4 Å². The average molecular weight is 338 g/mol. The van der Waals surface area contributed by atoms with Crippen molar-refractivity contribution in [3.8, 4) is 5.75 Å². The van der Waals surface area contributed by atoms with Crippen LogP contribution in [0.1, 0.15) is 24.8 Å². The van der Waals surface area contributed by atoms with Crippen LogP contribution in [0.25, 0.3) is 0 Å². The van der Waals surface area contributed by atoms with Gasteiger partial charge in [-0.1, -0.05) is 6.07 Å². The SMILES string of the molecule is COCC1(C(N)=O)CCCN1C(=O)CCc1ccc(OC)c(F)c1. The average Bonchev–Trinajstić information content (AvgIpc) is 2.98. The van der Waals surface area contributed by atoms with Gasteiger partial charge in [-0.15, -0.1) is 0 Å². The Morgan fingerprint density at radius 1 is 1.38 bits per heavy atom. The van der Waals surface area contributed by atoms with Crippen LogP contribution < -0.4 is 10.5 Å². The first-order chi connectivity index (χ1) is 11.4. The number of nitrogens with two attached hydrogens (primary N) is 1. The molecule has 1 saturated heterocycles. The normalized spacial score (nSPS) is 20.2. The molecule has 1 atom stereocenters. The number of nitrogens with zero attached hydrogens (tertiary/aromatic N) is 1. The van der Waals surface area contributed by atoms with Crippen LogP contribution in [0.2, 0.25) is 0 Å². The van der Waals surface area contributed by atoms with Gasteiger partial charge in [0.05, 0.1) is 13.7 Å². The summed E-state index contributed by atoms with van der Waals surface area (Å²) in [6, 6.07) is 4.60. The fourth-order valence-corrected chi connectivity index (χ4v) is 3.21. The third-order valence-corrected chi connectivity index (χ3v) is 4.48. The highest BCUT2D eigenvalue weighted by Gasteiger charge is 2.48. The molecule has 7 heteroatoms. The molecule has 132 valence electrons. The van der Waals surface area contributed by atoms with Crippen molar-refractivity contribution >= 4 is 11.8 Å². The number of hydrogen-bond donors (Lipinski definition) is 1. The quantitative estimate of drug-likeness (QED) is 0.811. The minimum Gasteiger partial charge on any atom is -0.494 e. The first kappa shape index (κ1) is 18.2. The van der Waals surface area contributed by atoms with Gasteiger partial charge in [-0.05, 0) is 37.0 Å². The van der Waals surface area contributed by atoms with Gasteiger partial charge in [0.25, 0.3) is 0 Å². The molecule has 0 saturated carbocycles. The number of ether oxygens (including phenoxy) is 2. The Balaban J connectivity index is 2.06. The summed E-state index contributed by atoms with van der Waals surface area (Å²) in [6.07, 6.45) is 1.75. The fourth-order valence-electron chi connectivity index (χ4n) is 3.21. The van der Waals surface area contributed by atoms with Crippen LogP contribution in [-0.2, 0) is 20.7 Å². The highest BCUT2D eigenvalue weighted by molar-refractivity contribution is 5.91. The van der Waals surface area contributed by atoms with Crippen LogP contribution >= 0.6 is 0 Å². The van der Waals surface area contributed by atoms with E-state index in [9.17, 15) is 14.0 Å². The zero-order chi connectivity index (χ0) is 17.7. The fraction of sp³-hybridized carbons (Fsp3) is 0.529. The van der Waals surface area contributed by atoms with Gasteiger partial charge in [0.1, 0.15) is 5.54 Å². The minimum absolute atomic E-state index is 0.0885. The van der Waals surface area contributed by atoms with Crippen molar-refractivity contribution in [3.05, 3.63) is 29.6 Å². The summed E-state index contributed by atoms with van der Waals surface area (Å²) in [6.45, 7) is 0.563. The predicted molar refractivity (Wildman–Crippen MR) is 86.0 cm³/mol. The van der Waals surface area contributed by atoms with Crippen molar-refractivity contribution < 1.29 is 23.5 Å². The second-order valence-corrected chi connectivity index (χ2v) is 5.95. The smallest absolute Gasteiger partial charge is 0.245 e. The molecule has 1 aliphatic rings. The lowest BCUT2D eigenvalue weighted by Crippen LogP contribution is -2.58. The molecular formula is C17H23FN2O4. The summed E-state index contributed by atoms with van der Waals surface area (Å²) in [4.78, 5) is 26.0. The summed E-state index contributed by atoms with van der Waals surface area (Å²) in [7, 11) is 2.88. The number of likely N-dealkylation sites (tertiary alicyclic amines) is 1.